The summed E-state index contributed by atoms with van der Waals surface area (Å²) in [6.07, 6.45) is 1.80. The second-order valence-electron chi connectivity index (χ2n) is 11.1. The van der Waals surface area contributed by atoms with Crippen LogP contribution in [0.25, 0.3) is 11.2 Å². The van der Waals surface area contributed by atoms with E-state index in [0.717, 1.165) is 0 Å². The lowest BCUT2D eigenvalue weighted by Crippen LogP contribution is -2.44. The molecule has 0 radical (unpaired) electrons. The number of hydrogen-bond acceptors (Lipinski definition) is 9. The minimum atomic E-state index is -1.97. The lowest BCUT2D eigenvalue weighted by Gasteiger charge is -2.37. The van der Waals surface area contributed by atoms with E-state index < -0.39 is 20.3 Å². The molecule has 0 saturated carbocycles. The molecule has 2 aromatic heterocycles. The van der Waals surface area contributed by atoms with E-state index in [1.165, 1.54) is 0 Å². The Morgan fingerprint density at radius 2 is 1.86 bits per heavy atom. The Kier molecular flexibility index (Phi) is 7.28. The molecule has 2 aromatic rings. The average Bonchev–Trinajstić information content (AvgIpc) is 3.41. The molecule has 0 bridgehead atoms. The first-order valence-corrected chi connectivity index (χ1v) is 15.1. The number of ether oxygens (including phenoxy) is 4. The van der Waals surface area contributed by atoms with Gasteiger partial charge < -0.3 is 33.0 Å². The van der Waals surface area contributed by atoms with Crippen LogP contribution in [0.15, 0.2) is 12.7 Å². The highest BCUT2D eigenvalue weighted by atomic mass is 28.4. The third-order valence-corrected chi connectivity index (χ3v) is 11.6. The zero-order valence-corrected chi connectivity index (χ0v) is 22.8. The van der Waals surface area contributed by atoms with Crippen molar-refractivity contribution in [3.63, 3.8) is 0 Å². The zero-order valence-electron chi connectivity index (χ0n) is 21.8. The van der Waals surface area contributed by atoms with Crippen LogP contribution in [-0.4, -0.2) is 83.1 Å². The van der Waals surface area contributed by atoms with Crippen LogP contribution in [0.2, 0.25) is 18.1 Å². The van der Waals surface area contributed by atoms with E-state index in [1.807, 2.05) is 18.4 Å². The van der Waals surface area contributed by atoms with E-state index in [1.54, 1.807) is 17.2 Å². The van der Waals surface area contributed by atoms with E-state index in [2.05, 4.69) is 43.8 Å². The minimum Gasteiger partial charge on any atom is -0.414 e. The van der Waals surface area contributed by atoms with Gasteiger partial charge in [-0.3, -0.25) is 9.98 Å². The molecule has 4 rings (SSSR count). The Morgan fingerprint density at radius 3 is 2.54 bits per heavy atom. The lowest BCUT2D eigenvalue weighted by molar-refractivity contribution is -0.199. The number of nitrogens with zero attached hydrogens (tertiary/aromatic N) is 4. The molecule has 0 amide bonds. The van der Waals surface area contributed by atoms with Crippen molar-refractivity contribution < 1.29 is 28.5 Å². The van der Waals surface area contributed by atoms with Crippen LogP contribution in [-0.2, 0) is 29.9 Å². The van der Waals surface area contributed by atoms with Crippen molar-refractivity contribution in [1.82, 2.24) is 19.1 Å². The summed E-state index contributed by atoms with van der Waals surface area (Å²) in [6, 6.07) is 0. The predicted molar refractivity (Wildman–Crippen MR) is 130 cm³/mol. The molecule has 11 nitrogen and oxygen atoms in total. The Bertz CT molecular complexity index is 1090. The highest BCUT2D eigenvalue weighted by molar-refractivity contribution is 6.74. The summed E-state index contributed by atoms with van der Waals surface area (Å²) in [7, 11) is -1.97. The normalized spacial score (nSPS) is 26.5. The van der Waals surface area contributed by atoms with Gasteiger partial charge >= 0.3 is 0 Å². The Morgan fingerprint density at radius 1 is 1.14 bits per heavy atom. The largest absolute Gasteiger partial charge is 0.414 e. The van der Waals surface area contributed by atoms with E-state index in [4.69, 9.17) is 33.9 Å². The summed E-state index contributed by atoms with van der Waals surface area (Å²) in [5.41, 5.74) is 1.25. The molecule has 196 valence electrons. The van der Waals surface area contributed by atoms with Gasteiger partial charge in [-0.1, -0.05) is 20.8 Å². The van der Waals surface area contributed by atoms with E-state index >= 15 is 0 Å². The van der Waals surface area contributed by atoms with Crippen molar-refractivity contribution in [2.75, 3.05) is 26.4 Å². The topological polar surface area (TPSA) is 126 Å². The van der Waals surface area contributed by atoms with Crippen molar-refractivity contribution in [1.29, 1.82) is 5.41 Å². The van der Waals surface area contributed by atoms with Gasteiger partial charge in [0.1, 0.15) is 23.8 Å². The standard InChI is InChI=1S/C23H39N5O6Si/c1-22(2,3)35(6,7)31-12-15-17-18(34-23(4,5)33-17)21(32-15)28-14-25-16-19(24)27(13-26-20(16)28)8-10-30-11-9-29/h13-15,17-18,21,24,29H,8-12H2,1-7H3/t15-,17-,18-,21-/m1/s1. The highest BCUT2D eigenvalue weighted by Crippen LogP contribution is 2.44. The van der Waals surface area contributed by atoms with Crippen LogP contribution in [0.3, 0.4) is 0 Å². The summed E-state index contributed by atoms with van der Waals surface area (Å²) < 4.78 is 34.3. The first kappa shape index (κ1) is 26.4. The third kappa shape index (κ3) is 5.24. The zero-order chi connectivity index (χ0) is 25.6. The van der Waals surface area contributed by atoms with Crippen molar-refractivity contribution in [2.45, 2.75) is 89.6 Å². The number of aliphatic hydroxyl groups excluding tert-OH is 1. The van der Waals surface area contributed by atoms with Gasteiger partial charge in [0.05, 0.1) is 39.1 Å². The van der Waals surface area contributed by atoms with Crippen LogP contribution in [0.4, 0.5) is 0 Å². The fraction of sp³-hybridized carbons (Fsp3) is 0.783. The van der Waals surface area contributed by atoms with Crippen LogP contribution < -0.4 is 5.49 Å². The molecule has 2 fully saturated rings. The third-order valence-electron chi connectivity index (χ3n) is 7.12. The molecule has 4 heterocycles. The summed E-state index contributed by atoms with van der Waals surface area (Å²) in [4.78, 5) is 9.05. The van der Waals surface area contributed by atoms with E-state index in [0.29, 0.717) is 30.9 Å². The molecule has 2 saturated heterocycles. The Labute approximate surface area is 207 Å². The van der Waals surface area contributed by atoms with Crippen molar-refractivity contribution in [2.24, 2.45) is 0 Å². The molecule has 2 aliphatic heterocycles. The van der Waals surface area contributed by atoms with Gasteiger partial charge in [-0.25, -0.2) is 9.97 Å². The van der Waals surface area contributed by atoms with Gasteiger partial charge in [0.2, 0.25) is 0 Å². The predicted octanol–water partition coefficient (Wildman–Crippen LogP) is 2.16. The summed E-state index contributed by atoms with van der Waals surface area (Å²) in [6.45, 7) is 16.4. The molecule has 2 N–H and O–H groups in total. The first-order chi connectivity index (χ1) is 16.3. The maximum atomic E-state index is 8.86. The van der Waals surface area contributed by atoms with Crippen LogP contribution in [0.1, 0.15) is 40.8 Å². The second kappa shape index (κ2) is 9.65. The Hall–Kier alpha value is -1.67. The molecular weight excluding hydrogens is 470 g/mol. The van der Waals surface area contributed by atoms with E-state index in [-0.39, 0.29) is 42.1 Å². The molecule has 4 atom stereocenters. The molecule has 0 unspecified atom stereocenters. The van der Waals surface area contributed by atoms with Gasteiger partial charge in [0, 0.05) is 6.54 Å². The average molecular weight is 510 g/mol. The highest BCUT2D eigenvalue weighted by Gasteiger charge is 2.56. The number of rotatable bonds is 9. The minimum absolute atomic E-state index is 0.0336. The van der Waals surface area contributed by atoms with Gasteiger partial charge in [0.15, 0.2) is 31.5 Å². The number of aromatic nitrogens is 4. The van der Waals surface area contributed by atoms with Crippen molar-refractivity contribution in [3.8, 4) is 0 Å². The van der Waals surface area contributed by atoms with Crippen LogP contribution in [0, 0.1) is 5.41 Å². The van der Waals surface area contributed by atoms with Gasteiger partial charge in [-0.2, -0.15) is 0 Å². The van der Waals surface area contributed by atoms with Gasteiger partial charge in [-0.15, -0.1) is 0 Å². The Balaban J connectivity index is 1.57. The number of imidazole rings is 1. The summed E-state index contributed by atoms with van der Waals surface area (Å²) >= 11 is 0. The number of nitrogens with one attached hydrogen (secondary N) is 1. The molecule has 35 heavy (non-hydrogen) atoms. The second-order valence-corrected chi connectivity index (χ2v) is 16.0. The molecular formula is C23H39N5O6Si. The van der Waals surface area contributed by atoms with Crippen LogP contribution in [0.5, 0.6) is 0 Å². The number of fused-ring (bicyclic) bond motifs is 2. The fourth-order valence-corrected chi connectivity index (χ4v) is 5.19. The van der Waals surface area contributed by atoms with Crippen molar-refractivity contribution >= 4 is 19.5 Å². The first-order valence-electron chi connectivity index (χ1n) is 12.1. The van der Waals surface area contributed by atoms with E-state index in [9.17, 15) is 0 Å². The molecule has 0 aliphatic carbocycles. The maximum Gasteiger partial charge on any atom is 0.192 e. The maximum absolute atomic E-state index is 8.86. The van der Waals surface area contributed by atoms with Crippen LogP contribution >= 0.6 is 0 Å². The molecule has 0 aromatic carbocycles. The van der Waals surface area contributed by atoms with Gasteiger partial charge in [-0.05, 0) is 32.0 Å². The SMILES string of the molecule is CC1(C)O[C@@H]2[C@H](O1)[C@@H](CO[Si](C)(C)C(C)(C)C)O[C@H]2n1cnc2c(=N)n(CCOCCO)cnc21. The number of hydrogen-bond donors (Lipinski definition) is 2. The summed E-state index contributed by atoms with van der Waals surface area (Å²) in [5, 5.41) is 17.5. The smallest absolute Gasteiger partial charge is 0.192 e. The molecule has 12 heteroatoms. The van der Waals surface area contributed by atoms with Gasteiger partial charge in [0.25, 0.3) is 0 Å². The molecule has 0 spiro atoms. The summed E-state index contributed by atoms with van der Waals surface area (Å²) in [5.74, 6) is -0.741. The lowest BCUT2D eigenvalue weighted by atomic mass is 10.1. The fourth-order valence-electron chi connectivity index (χ4n) is 4.18. The molecule has 2 aliphatic rings. The number of aliphatic hydroxyl groups is 1. The monoisotopic (exact) mass is 509 g/mol. The van der Waals surface area contributed by atoms with Crippen molar-refractivity contribution in [3.05, 3.63) is 18.1 Å². The quantitative estimate of drug-likeness (QED) is 0.389.